The van der Waals surface area contributed by atoms with Crippen LogP contribution in [0.3, 0.4) is 0 Å². The lowest BCUT2D eigenvalue weighted by Crippen LogP contribution is -2.44. The number of benzene rings is 1. The SMILES string of the molecule is CCC(Cc1cccc(Br)c1)C(=O)NCC1(C)CCNCC1. The van der Waals surface area contributed by atoms with Gasteiger partial charge in [0.15, 0.2) is 0 Å². The summed E-state index contributed by atoms with van der Waals surface area (Å²) in [4.78, 5) is 12.5. The quantitative estimate of drug-likeness (QED) is 0.808. The Bertz CT molecular complexity index is 498. The lowest BCUT2D eigenvalue weighted by Gasteiger charge is -2.34. The highest BCUT2D eigenvalue weighted by Crippen LogP contribution is 2.27. The summed E-state index contributed by atoms with van der Waals surface area (Å²) in [5.41, 5.74) is 1.46. The fourth-order valence-electron chi connectivity index (χ4n) is 3.02. The number of hydrogen-bond donors (Lipinski definition) is 2. The zero-order chi connectivity index (χ0) is 16.0. The minimum atomic E-state index is 0.0552. The summed E-state index contributed by atoms with van der Waals surface area (Å²) in [5, 5.41) is 6.58. The van der Waals surface area contributed by atoms with Gasteiger partial charge in [0.05, 0.1) is 0 Å². The summed E-state index contributed by atoms with van der Waals surface area (Å²) >= 11 is 3.49. The fraction of sp³-hybridized carbons (Fsp3) is 0.611. The van der Waals surface area contributed by atoms with Crippen LogP contribution in [-0.2, 0) is 11.2 Å². The van der Waals surface area contributed by atoms with Gasteiger partial charge in [-0.15, -0.1) is 0 Å². The molecule has 3 nitrogen and oxygen atoms in total. The van der Waals surface area contributed by atoms with Crippen molar-refractivity contribution in [1.82, 2.24) is 10.6 Å². The molecule has 1 fully saturated rings. The van der Waals surface area contributed by atoms with Crippen LogP contribution in [0, 0.1) is 11.3 Å². The van der Waals surface area contributed by atoms with Crippen LogP contribution in [0.4, 0.5) is 0 Å². The van der Waals surface area contributed by atoms with Crippen LogP contribution in [-0.4, -0.2) is 25.5 Å². The summed E-state index contributed by atoms with van der Waals surface area (Å²) in [7, 11) is 0. The summed E-state index contributed by atoms with van der Waals surface area (Å²) in [5.74, 6) is 0.252. The first kappa shape index (κ1) is 17.5. The van der Waals surface area contributed by atoms with Crippen LogP contribution < -0.4 is 10.6 Å². The molecule has 1 heterocycles. The molecule has 0 spiro atoms. The highest BCUT2D eigenvalue weighted by Gasteiger charge is 2.28. The van der Waals surface area contributed by atoms with Gasteiger partial charge >= 0.3 is 0 Å². The molecule has 1 aromatic carbocycles. The second kappa shape index (κ2) is 8.11. The molecule has 2 N–H and O–H groups in total. The van der Waals surface area contributed by atoms with Gasteiger partial charge in [-0.05, 0) is 61.9 Å². The smallest absolute Gasteiger partial charge is 0.223 e. The van der Waals surface area contributed by atoms with E-state index in [-0.39, 0.29) is 17.2 Å². The van der Waals surface area contributed by atoms with Gasteiger partial charge in [-0.1, -0.05) is 41.9 Å². The van der Waals surface area contributed by atoms with Crippen molar-refractivity contribution in [2.75, 3.05) is 19.6 Å². The number of hydrogen-bond acceptors (Lipinski definition) is 2. The molecule has 2 rings (SSSR count). The number of nitrogens with one attached hydrogen (secondary N) is 2. The first-order chi connectivity index (χ1) is 10.5. The zero-order valence-electron chi connectivity index (χ0n) is 13.6. The van der Waals surface area contributed by atoms with Crippen molar-refractivity contribution in [2.45, 2.75) is 39.5 Å². The zero-order valence-corrected chi connectivity index (χ0v) is 15.2. The largest absolute Gasteiger partial charge is 0.355 e. The summed E-state index contributed by atoms with van der Waals surface area (Å²) in [6.07, 6.45) is 3.95. The Balaban J connectivity index is 1.88. The molecule has 1 aromatic rings. The van der Waals surface area contributed by atoms with Gasteiger partial charge in [-0.3, -0.25) is 4.79 Å². The van der Waals surface area contributed by atoms with E-state index in [1.54, 1.807) is 0 Å². The Kier molecular flexibility index (Phi) is 6.45. The molecule has 122 valence electrons. The molecule has 1 unspecified atom stereocenters. The first-order valence-corrected chi connectivity index (χ1v) is 9.04. The molecule has 1 aliphatic heterocycles. The van der Waals surface area contributed by atoms with Crippen LogP contribution in [0.15, 0.2) is 28.7 Å². The van der Waals surface area contributed by atoms with Crippen molar-refractivity contribution >= 4 is 21.8 Å². The van der Waals surface area contributed by atoms with Crippen LogP contribution in [0.2, 0.25) is 0 Å². The van der Waals surface area contributed by atoms with Gasteiger partial charge in [0.25, 0.3) is 0 Å². The number of carbonyl (C=O) groups excluding carboxylic acids is 1. The standard InChI is InChI=1S/C18H27BrN2O/c1-3-15(11-14-5-4-6-16(19)12-14)17(22)21-13-18(2)7-9-20-10-8-18/h4-6,12,15,20H,3,7-11,13H2,1-2H3,(H,21,22). The highest BCUT2D eigenvalue weighted by atomic mass is 79.9. The molecule has 0 aliphatic carbocycles. The van der Waals surface area contributed by atoms with Crippen molar-refractivity contribution in [3.8, 4) is 0 Å². The molecule has 4 heteroatoms. The van der Waals surface area contributed by atoms with Crippen LogP contribution in [0.5, 0.6) is 0 Å². The van der Waals surface area contributed by atoms with Gasteiger partial charge in [0.2, 0.25) is 5.91 Å². The number of halogens is 1. The average molecular weight is 367 g/mol. The molecule has 22 heavy (non-hydrogen) atoms. The van der Waals surface area contributed by atoms with E-state index in [0.29, 0.717) is 0 Å². The molecular formula is C18H27BrN2O. The maximum Gasteiger partial charge on any atom is 0.223 e. The van der Waals surface area contributed by atoms with Crippen LogP contribution in [0.1, 0.15) is 38.7 Å². The molecule has 1 atom stereocenters. The Morgan fingerprint density at radius 1 is 1.41 bits per heavy atom. The minimum absolute atomic E-state index is 0.0552. The van der Waals surface area contributed by atoms with Crippen LogP contribution in [0.25, 0.3) is 0 Å². The van der Waals surface area contributed by atoms with E-state index >= 15 is 0 Å². The minimum Gasteiger partial charge on any atom is -0.355 e. The predicted molar refractivity (Wildman–Crippen MR) is 94.8 cm³/mol. The van der Waals surface area contributed by atoms with E-state index in [4.69, 9.17) is 0 Å². The van der Waals surface area contributed by atoms with E-state index in [1.807, 2.05) is 12.1 Å². The molecule has 1 aliphatic rings. The summed E-state index contributed by atoms with van der Waals surface area (Å²) < 4.78 is 1.07. The molecule has 1 saturated heterocycles. The molecule has 0 radical (unpaired) electrons. The summed E-state index contributed by atoms with van der Waals surface area (Å²) in [6.45, 7) is 7.28. The molecule has 1 amide bonds. The summed E-state index contributed by atoms with van der Waals surface area (Å²) in [6, 6.07) is 8.24. The normalized spacial score (nSPS) is 18.7. The number of rotatable bonds is 6. The molecular weight excluding hydrogens is 340 g/mol. The van der Waals surface area contributed by atoms with E-state index in [1.165, 1.54) is 5.56 Å². The van der Waals surface area contributed by atoms with Gasteiger partial charge in [-0.2, -0.15) is 0 Å². The van der Waals surface area contributed by atoms with Crippen molar-refractivity contribution in [1.29, 1.82) is 0 Å². The Morgan fingerprint density at radius 2 is 2.14 bits per heavy atom. The predicted octanol–water partition coefficient (Wildman–Crippen LogP) is 3.52. The monoisotopic (exact) mass is 366 g/mol. The second-order valence-corrected chi connectivity index (χ2v) is 7.63. The third-order valence-electron chi connectivity index (χ3n) is 4.73. The maximum absolute atomic E-state index is 12.5. The first-order valence-electron chi connectivity index (χ1n) is 8.25. The Morgan fingerprint density at radius 3 is 2.77 bits per heavy atom. The highest BCUT2D eigenvalue weighted by molar-refractivity contribution is 9.10. The molecule has 0 saturated carbocycles. The lowest BCUT2D eigenvalue weighted by molar-refractivity contribution is -0.125. The van der Waals surface area contributed by atoms with Crippen molar-refractivity contribution in [3.63, 3.8) is 0 Å². The lowest BCUT2D eigenvalue weighted by atomic mass is 9.81. The number of amides is 1. The third-order valence-corrected chi connectivity index (χ3v) is 5.23. The molecule has 0 bridgehead atoms. The number of carbonyl (C=O) groups is 1. The van der Waals surface area contributed by atoms with E-state index < -0.39 is 0 Å². The van der Waals surface area contributed by atoms with E-state index in [0.717, 1.165) is 49.8 Å². The van der Waals surface area contributed by atoms with Crippen molar-refractivity contribution < 1.29 is 4.79 Å². The van der Waals surface area contributed by atoms with Crippen LogP contribution >= 0.6 is 15.9 Å². The average Bonchev–Trinajstić information content (AvgIpc) is 2.51. The third kappa shape index (κ3) is 5.10. The van der Waals surface area contributed by atoms with Gasteiger partial charge in [0.1, 0.15) is 0 Å². The topological polar surface area (TPSA) is 41.1 Å². The van der Waals surface area contributed by atoms with Gasteiger partial charge < -0.3 is 10.6 Å². The fourth-order valence-corrected chi connectivity index (χ4v) is 3.47. The number of piperidine rings is 1. The van der Waals surface area contributed by atoms with Gasteiger partial charge in [-0.25, -0.2) is 0 Å². The maximum atomic E-state index is 12.5. The molecule has 0 aromatic heterocycles. The van der Waals surface area contributed by atoms with Crippen molar-refractivity contribution in [3.05, 3.63) is 34.3 Å². The van der Waals surface area contributed by atoms with Gasteiger partial charge in [0, 0.05) is 16.9 Å². The van der Waals surface area contributed by atoms with Crippen molar-refractivity contribution in [2.24, 2.45) is 11.3 Å². The van der Waals surface area contributed by atoms with E-state index in [9.17, 15) is 4.79 Å². The van der Waals surface area contributed by atoms with E-state index in [2.05, 4.69) is 52.5 Å². The Labute approximate surface area is 142 Å². The second-order valence-electron chi connectivity index (χ2n) is 6.72. The Hall–Kier alpha value is -0.870.